The Morgan fingerprint density at radius 2 is 1.81 bits per heavy atom. The largest absolute Gasteiger partial charge is 0.489 e. The lowest BCUT2D eigenvalue weighted by Gasteiger charge is -2.23. The molecule has 2 nitrogen and oxygen atoms in total. The normalized spacial score (nSPS) is 13.5. The maximum absolute atomic E-state index is 6.18. The van der Waals surface area contributed by atoms with Gasteiger partial charge >= 0.3 is 0 Å². The Kier molecular flexibility index (Phi) is 6.73. The first-order valence-electron chi connectivity index (χ1n) is 8.22. The number of rotatable bonds is 7. The standard InChI is InChI=1S/C19H33NO/c1-8-17(13-20-12-14(2)3)21-18-10-9-16(11-15(18)4)19(5,6)7/h9-11,14,17,20H,8,12-13H2,1-7H3. The van der Waals surface area contributed by atoms with E-state index in [4.69, 9.17) is 4.74 Å². The van der Waals surface area contributed by atoms with Crippen molar-refractivity contribution in [1.29, 1.82) is 0 Å². The summed E-state index contributed by atoms with van der Waals surface area (Å²) in [5.74, 6) is 1.69. The van der Waals surface area contributed by atoms with Crippen molar-refractivity contribution in [3.8, 4) is 5.75 Å². The fraction of sp³-hybridized carbons (Fsp3) is 0.684. The number of hydrogen-bond acceptors (Lipinski definition) is 2. The van der Waals surface area contributed by atoms with Gasteiger partial charge in [0.15, 0.2) is 0 Å². The van der Waals surface area contributed by atoms with Crippen LogP contribution in [0, 0.1) is 12.8 Å². The number of aryl methyl sites for hydroxylation is 1. The zero-order valence-corrected chi connectivity index (χ0v) is 14.9. The minimum Gasteiger partial charge on any atom is -0.489 e. The number of benzene rings is 1. The highest BCUT2D eigenvalue weighted by atomic mass is 16.5. The molecule has 120 valence electrons. The summed E-state index contributed by atoms with van der Waals surface area (Å²) in [7, 11) is 0. The van der Waals surface area contributed by atoms with Gasteiger partial charge in [0, 0.05) is 6.54 Å². The fourth-order valence-corrected chi connectivity index (χ4v) is 2.23. The van der Waals surface area contributed by atoms with Crippen LogP contribution in [0.5, 0.6) is 5.75 Å². The highest BCUT2D eigenvalue weighted by Crippen LogP contribution is 2.28. The molecule has 0 saturated carbocycles. The molecule has 1 unspecified atom stereocenters. The van der Waals surface area contributed by atoms with E-state index in [1.165, 1.54) is 11.1 Å². The van der Waals surface area contributed by atoms with Gasteiger partial charge in [0.05, 0.1) is 0 Å². The molecule has 2 heteroatoms. The number of nitrogens with one attached hydrogen (secondary N) is 1. The van der Waals surface area contributed by atoms with Gasteiger partial charge < -0.3 is 10.1 Å². The van der Waals surface area contributed by atoms with Crippen LogP contribution >= 0.6 is 0 Å². The van der Waals surface area contributed by atoms with Gasteiger partial charge in [0.1, 0.15) is 11.9 Å². The summed E-state index contributed by atoms with van der Waals surface area (Å²) in [5, 5.41) is 3.49. The van der Waals surface area contributed by atoms with E-state index in [0.717, 1.165) is 25.3 Å². The second-order valence-corrected chi connectivity index (χ2v) is 7.43. The number of ether oxygens (including phenoxy) is 1. The predicted octanol–water partition coefficient (Wildman–Crippen LogP) is 4.70. The van der Waals surface area contributed by atoms with E-state index in [1.807, 2.05) is 0 Å². The SMILES string of the molecule is CCC(CNCC(C)C)Oc1ccc(C(C)(C)C)cc1C. The molecule has 0 saturated heterocycles. The highest BCUT2D eigenvalue weighted by Gasteiger charge is 2.16. The van der Waals surface area contributed by atoms with Gasteiger partial charge in [-0.1, -0.05) is 53.7 Å². The summed E-state index contributed by atoms with van der Waals surface area (Å²) in [4.78, 5) is 0. The molecule has 21 heavy (non-hydrogen) atoms. The molecule has 0 aliphatic carbocycles. The summed E-state index contributed by atoms with van der Waals surface area (Å²) < 4.78 is 6.18. The van der Waals surface area contributed by atoms with E-state index in [-0.39, 0.29) is 11.5 Å². The first-order valence-corrected chi connectivity index (χ1v) is 8.22. The molecular formula is C19H33NO. The molecule has 0 aliphatic heterocycles. The van der Waals surface area contributed by atoms with Crippen molar-refractivity contribution in [2.75, 3.05) is 13.1 Å². The molecule has 1 atom stereocenters. The summed E-state index contributed by atoms with van der Waals surface area (Å²) >= 11 is 0. The summed E-state index contributed by atoms with van der Waals surface area (Å²) in [6.45, 7) is 17.5. The average molecular weight is 291 g/mol. The molecule has 0 amide bonds. The lowest BCUT2D eigenvalue weighted by atomic mass is 9.86. The van der Waals surface area contributed by atoms with E-state index in [1.54, 1.807) is 0 Å². The zero-order valence-electron chi connectivity index (χ0n) is 14.9. The molecule has 0 aliphatic rings. The van der Waals surface area contributed by atoms with Gasteiger partial charge in [-0.15, -0.1) is 0 Å². The first-order chi connectivity index (χ1) is 9.74. The van der Waals surface area contributed by atoms with Crippen molar-refractivity contribution in [2.45, 2.75) is 66.4 Å². The monoisotopic (exact) mass is 291 g/mol. The fourth-order valence-electron chi connectivity index (χ4n) is 2.23. The second-order valence-electron chi connectivity index (χ2n) is 7.43. The summed E-state index contributed by atoms with van der Waals surface area (Å²) in [6, 6.07) is 6.57. The molecule has 1 rings (SSSR count). The molecule has 0 spiro atoms. The molecule has 1 aromatic rings. The van der Waals surface area contributed by atoms with Crippen LogP contribution in [0.25, 0.3) is 0 Å². The van der Waals surface area contributed by atoms with Crippen LogP contribution in [0.1, 0.15) is 59.1 Å². The average Bonchev–Trinajstić information content (AvgIpc) is 2.37. The third-order valence-electron chi connectivity index (χ3n) is 3.71. The van der Waals surface area contributed by atoms with Crippen molar-refractivity contribution in [3.63, 3.8) is 0 Å². The van der Waals surface area contributed by atoms with Crippen LogP contribution in [0.15, 0.2) is 18.2 Å². The molecule has 0 fully saturated rings. The molecule has 0 radical (unpaired) electrons. The molecule has 1 aromatic carbocycles. The van der Waals surface area contributed by atoms with Gasteiger partial charge in [0.2, 0.25) is 0 Å². The molecule has 0 heterocycles. The zero-order chi connectivity index (χ0) is 16.0. The summed E-state index contributed by atoms with van der Waals surface area (Å²) in [6.07, 6.45) is 1.26. The Balaban J connectivity index is 2.68. The maximum Gasteiger partial charge on any atom is 0.122 e. The lowest BCUT2D eigenvalue weighted by molar-refractivity contribution is 0.190. The quantitative estimate of drug-likeness (QED) is 0.786. The van der Waals surface area contributed by atoms with E-state index in [9.17, 15) is 0 Å². The van der Waals surface area contributed by atoms with Crippen LogP contribution in [-0.2, 0) is 5.41 Å². The van der Waals surface area contributed by atoms with Gasteiger partial charge in [-0.3, -0.25) is 0 Å². The van der Waals surface area contributed by atoms with Crippen molar-refractivity contribution in [2.24, 2.45) is 5.92 Å². The smallest absolute Gasteiger partial charge is 0.122 e. The third kappa shape index (κ3) is 6.09. The van der Waals surface area contributed by atoms with E-state index in [2.05, 4.69) is 72.0 Å². The van der Waals surface area contributed by atoms with E-state index in [0.29, 0.717) is 5.92 Å². The minimum atomic E-state index is 0.187. The Bertz CT molecular complexity index is 432. The van der Waals surface area contributed by atoms with Crippen LogP contribution in [0.2, 0.25) is 0 Å². The van der Waals surface area contributed by atoms with Crippen LogP contribution < -0.4 is 10.1 Å². The Morgan fingerprint density at radius 1 is 1.14 bits per heavy atom. The topological polar surface area (TPSA) is 21.3 Å². The summed E-state index contributed by atoms with van der Waals surface area (Å²) in [5.41, 5.74) is 2.77. The molecule has 0 bridgehead atoms. The Hall–Kier alpha value is -1.02. The maximum atomic E-state index is 6.18. The van der Waals surface area contributed by atoms with Crippen molar-refractivity contribution in [1.82, 2.24) is 5.32 Å². The third-order valence-corrected chi connectivity index (χ3v) is 3.71. The highest BCUT2D eigenvalue weighted by molar-refractivity contribution is 5.38. The van der Waals surface area contributed by atoms with E-state index < -0.39 is 0 Å². The molecule has 0 aromatic heterocycles. The van der Waals surface area contributed by atoms with Crippen molar-refractivity contribution < 1.29 is 4.74 Å². The van der Waals surface area contributed by atoms with Crippen LogP contribution in [-0.4, -0.2) is 19.2 Å². The van der Waals surface area contributed by atoms with Crippen molar-refractivity contribution in [3.05, 3.63) is 29.3 Å². The Morgan fingerprint density at radius 3 is 2.29 bits per heavy atom. The molecular weight excluding hydrogens is 258 g/mol. The second kappa shape index (κ2) is 7.84. The predicted molar refractivity (Wildman–Crippen MR) is 92.3 cm³/mol. The molecule has 1 N–H and O–H groups in total. The lowest BCUT2D eigenvalue weighted by Crippen LogP contribution is -2.33. The van der Waals surface area contributed by atoms with Crippen LogP contribution in [0.4, 0.5) is 0 Å². The van der Waals surface area contributed by atoms with Gasteiger partial charge in [-0.2, -0.15) is 0 Å². The van der Waals surface area contributed by atoms with Gasteiger partial charge in [-0.05, 0) is 48.4 Å². The van der Waals surface area contributed by atoms with Gasteiger partial charge in [-0.25, -0.2) is 0 Å². The minimum absolute atomic E-state index is 0.187. The van der Waals surface area contributed by atoms with Crippen LogP contribution in [0.3, 0.4) is 0 Å². The Labute approximate surface area is 131 Å². The van der Waals surface area contributed by atoms with Crippen molar-refractivity contribution >= 4 is 0 Å². The number of hydrogen-bond donors (Lipinski definition) is 1. The first kappa shape index (κ1) is 18.0. The van der Waals surface area contributed by atoms with Gasteiger partial charge in [0.25, 0.3) is 0 Å². The van der Waals surface area contributed by atoms with E-state index >= 15 is 0 Å².